The lowest BCUT2D eigenvalue weighted by atomic mass is 10.8. The third-order valence-electron chi connectivity index (χ3n) is 1.20. The second kappa shape index (κ2) is 3.35. The minimum Gasteiger partial charge on any atom is -0.482 e. The summed E-state index contributed by atoms with van der Waals surface area (Å²) in [6, 6.07) is 0. The van der Waals surface area contributed by atoms with Crippen LogP contribution < -0.4 is 0 Å². The van der Waals surface area contributed by atoms with Crippen molar-refractivity contribution in [1.29, 1.82) is 0 Å². The van der Waals surface area contributed by atoms with Gasteiger partial charge < -0.3 is 4.74 Å². The first kappa shape index (κ1) is 8.30. The van der Waals surface area contributed by atoms with Gasteiger partial charge in [0.25, 0.3) is 0 Å². The molecule has 0 aromatic carbocycles. The molecule has 0 amide bonds. The van der Waals surface area contributed by atoms with Crippen molar-refractivity contribution in [2.24, 2.45) is 0 Å². The van der Waals surface area contributed by atoms with Gasteiger partial charge in [0.2, 0.25) is 0 Å². The molecule has 0 aliphatic rings. The molecule has 0 aromatic heterocycles. The van der Waals surface area contributed by atoms with Crippen molar-refractivity contribution in [2.45, 2.75) is 0 Å². The molecule has 0 spiro atoms. The number of rotatable bonds is 3. The molecule has 3 nitrogen and oxygen atoms in total. The molecule has 0 radical (unpaired) electrons. The molecule has 9 heavy (non-hydrogen) atoms. The maximum atomic E-state index is 4.86. The summed E-state index contributed by atoms with van der Waals surface area (Å²) in [5.41, 5.74) is 0. The zero-order valence-electron chi connectivity index (χ0n) is 6.51. The summed E-state index contributed by atoms with van der Waals surface area (Å²) in [6.45, 7) is 3.66. The van der Waals surface area contributed by atoms with Crippen LogP contribution in [0.25, 0.3) is 0 Å². The Morgan fingerprint density at radius 2 is 1.78 bits per heavy atom. The Morgan fingerprint density at radius 1 is 1.33 bits per heavy atom. The van der Waals surface area contributed by atoms with Gasteiger partial charge in [-0.05, 0) is 6.58 Å². The summed E-state index contributed by atoms with van der Waals surface area (Å²) in [5.74, 6) is 0.639. The third-order valence-corrected chi connectivity index (χ3v) is 1.20. The van der Waals surface area contributed by atoms with Gasteiger partial charge in [0.1, 0.15) is 0 Å². The Labute approximate surface area is 56.5 Å². The number of hydrogen-bond acceptors (Lipinski definition) is 3. The lowest BCUT2D eigenvalue weighted by Crippen LogP contribution is -2.32. The largest absolute Gasteiger partial charge is 0.482 e. The molecule has 0 aliphatic carbocycles. The van der Waals surface area contributed by atoms with Crippen molar-refractivity contribution in [1.82, 2.24) is 10.0 Å². The molecule has 3 heteroatoms. The van der Waals surface area contributed by atoms with Crippen LogP contribution in [-0.2, 0) is 4.74 Å². The van der Waals surface area contributed by atoms with Crippen molar-refractivity contribution in [2.75, 3.05) is 28.3 Å². The maximum Gasteiger partial charge on any atom is 0.196 e. The zero-order chi connectivity index (χ0) is 7.44. The van der Waals surface area contributed by atoms with Crippen LogP contribution in [0.4, 0.5) is 0 Å². The minimum atomic E-state index is 0.639. The van der Waals surface area contributed by atoms with Gasteiger partial charge in [0.05, 0.1) is 7.11 Å². The highest BCUT2D eigenvalue weighted by Gasteiger charge is 2.00. The van der Waals surface area contributed by atoms with Crippen molar-refractivity contribution in [3.63, 3.8) is 0 Å². The highest BCUT2D eigenvalue weighted by Crippen LogP contribution is 1.98. The summed E-state index contributed by atoms with van der Waals surface area (Å²) in [6.07, 6.45) is 0. The highest BCUT2D eigenvalue weighted by molar-refractivity contribution is 4.76. The van der Waals surface area contributed by atoms with Crippen LogP contribution in [-0.4, -0.2) is 38.3 Å². The lowest BCUT2D eigenvalue weighted by molar-refractivity contribution is 0.0250. The molecular formula is C6H14N2O. The van der Waals surface area contributed by atoms with Gasteiger partial charge in [-0.3, -0.25) is 5.01 Å². The molecule has 0 fully saturated rings. The summed E-state index contributed by atoms with van der Waals surface area (Å²) < 4.78 is 4.86. The van der Waals surface area contributed by atoms with E-state index in [-0.39, 0.29) is 0 Å². The Hall–Kier alpha value is -0.700. The SMILES string of the molecule is C=C(OC)N(C)N(C)C. The minimum absolute atomic E-state index is 0.639. The first-order valence-electron chi connectivity index (χ1n) is 2.73. The van der Waals surface area contributed by atoms with E-state index in [1.807, 2.05) is 26.2 Å². The number of ether oxygens (including phenoxy) is 1. The fourth-order valence-corrected chi connectivity index (χ4v) is 0.355. The van der Waals surface area contributed by atoms with Gasteiger partial charge in [-0.1, -0.05) is 0 Å². The van der Waals surface area contributed by atoms with E-state index in [9.17, 15) is 0 Å². The quantitative estimate of drug-likeness (QED) is 0.409. The lowest BCUT2D eigenvalue weighted by Gasteiger charge is -2.26. The normalized spacial score (nSPS) is 9.44. The molecule has 0 aliphatic heterocycles. The summed E-state index contributed by atoms with van der Waals surface area (Å²) in [5, 5.41) is 3.69. The Kier molecular flexibility index (Phi) is 3.09. The van der Waals surface area contributed by atoms with Crippen LogP contribution in [0.15, 0.2) is 12.5 Å². The van der Waals surface area contributed by atoms with Crippen molar-refractivity contribution in [3.8, 4) is 0 Å². The number of hydrogen-bond donors (Lipinski definition) is 0. The predicted molar refractivity (Wildman–Crippen MR) is 37.6 cm³/mol. The number of nitrogens with zero attached hydrogens (tertiary/aromatic N) is 2. The smallest absolute Gasteiger partial charge is 0.196 e. The first-order chi connectivity index (χ1) is 4.09. The third kappa shape index (κ3) is 2.37. The van der Waals surface area contributed by atoms with Crippen molar-refractivity contribution >= 4 is 0 Å². The molecule has 0 saturated heterocycles. The van der Waals surface area contributed by atoms with E-state index >= 15 is 0 Å². The van der Waals surface area contributed by atoms with Gasteiger partial charge >= 0.3 is 0 Å². The number of methoxy groups -OCH3 is 1. The summed E-state index contributed by atoms with van der Waals surface area (Å²) >= 11 is 0. The predicted octanol–water partition coefficient (Wildman–Crippen LogP) is 0.512. The molecule has 0 N–H and O–H groups in total. The second-order valence-corrected chi connectivity index (χ2v) is 1.97. The van der Waals surface area contributed by atoms with Crippen molar-refractivity contribution in [3.05, 3.63) is 12.5 Å². The van der Waals surface area contributed by atoms with Gasteiger partial charge in [-0.25, -0.2) is 5.01 Å². The molecule has 0 aromatic rings. The van der Waals surface area contributed by atoms with Crippen LogP contribution in [0, 0.1) is 0 Å². The molecule has 0 atom stereocenters. The maximum absolute atomic E-state index is 4.86. The zero-order valence-corrected chi connectivity index (χ0v) is 6.51. The highest BCUT2D eigenvalue weighted by atomic mass is 16.5. The fraction of sp³-hybridized carbons (Fsp3) is 0.667. The molecule has 0 bridgehead atoms. The molecule has 0 saturated carbocycles. The van der Waals surface area contributed by atoms with Crippen LogP contribution in [0.1, 0.15) is 0 Å². The summed E-state index contributed by atoms with van der Waals surface area (Å²) in [4.78, 5) is 0. The van der Waals surface area contributed by atoms with E-state index in [1.54, 1.807) is 12.1 Å². The average Bonchev–Trinajstić information content (AvgIpc) is 1.84. The standard InChI is InChI=1S/C6H14N2O/c1-6(9-5)8(4)7(2)3/h1H2,2-5H3. The first-order valence-corrected chi connectivity index (χ1v) is 2.73. The molecule has 0 unspecified atom stereocenters. The van der Waals surface area contributed by atoms with E-state index in [4.69, 9.17) is 4.74 Å². The van der Waals surface area contributed by atoms with E-state index in [1.165, 1.54) is 0 Å². The molecule has 54 valence electrons. The van der Waals surface area contributed by atoms with Gasteiger partial charge in [0, 0.05) is 21.1 Å². The fourth-order valence-electron chi connectivity index (χ4n) is 0.355. The van der Waals surface area contributed by atoms with Crippen LogP contribution in [0.3, 0.4) is 0 Å². The monoisotopic (exact) mass is 130 g/mol. The number of hydrazine groups is 1. The summed E-state index contributed by atoms with van der Waals surface area (Å²) in [7, 11) is 7.32. The van der Waals surface area contributed by atoms with Crippen molar-refractivity contribution < 1.29 is 4.74 Å². The molecule has 0 rings (SSSR count). The van der Waals surface area contributed by atoms with Crippen LogP contribution in [0.5, 0.6) is 0 Å². The van der Waals surface area contributed by atoms with E-state index in [0.717, 1.165) is 0 Å². The molecular weight excluding hydrogens is 116 g/mol. The van der Waals surface area contributed by atoms with Gasteiger partial charge in [-0.15, -0.1) is 0 Å². The van der Waals surface area contributed by atoms with Crippen LogP contribution >= 0.6 is 0 Å². The molecule has 0 heterocycles. The topological polar surface area (TPSA) is 15.7 Å². The van der Waals surface area contributed by atoms with E-state index < -0.39 is 0 Å². The van der Waals surface area contributed by atoms with Crippen LogP contribution in [0.2, 0.25) is 0 Å². The van der Waals surface area contributed by atoms with E-state index in [2.05, 4.69) is 6.58 Å². The van der Waals surface area contributed by atoms with Gasteiger partial charge in [-0.2, -0.15) is 0 Å². The van der Waals surface area contributed by atoms with Gasteiger partial charge in [0.15, 0.2) is 5.88 Å². The Morgan fingerprint density at radius 3 is 1.89 bits per heavy atom. The Balaban J connectivity index is 3.72. The average molecular weight is 130 g/mol. The second-order valence-electron chi connectivity index (χ2n) is 1.97. The van der Waals surface area contributed by atoms with E-state index in [0.29, 0.717) is 5.88 Å². The Bertz CT molecular complexity index is 101.